The zero-order chi connectivity index (χ0) is 17.8. The lowest BCUT2D eigenvalue weighted by Gasteiger charge is -2.10. The van der Waals surface area contributed by atoms with E-state index in [4.69, 9.17) is 0 Å². The summed E-state index contributed by atoms with van der Waals surface area (Å²) in [5.41, 5.74) is 0.641. The molecule has 0 fully saturated rings. The summed E-state index contributed by atoms with van der Waals surface area (Å²) in [7, 11) is 1.89. The average molecular weight is 358 g/mol. The lowest BCUT2D eigenvalue weighted by molar-refractivity contribution is -0.389. The smallest absolute Gasteiger partial charge is 0.358 e. The van der Waals surface area contributed by atoms with E-state index < -0.39 is 4.92 Å². The van der Waals surface area contributed by atoms with Crippen molar-refractivity contribution in [1.82, 2.24) is 19.3 Å². The maximum atomic E-state index is 12.2. The van der Waals surface area contributed by atoms with Gasteiger partial charge in [-0.25, -0.2) is 4.98 Å². The molecule has 1 N–H and O–H groups in total. The Morgan fingerprint density at radius 3 is 2.80 bits per heavy atom. The summed E-state index contributed by atoms with van der Waals surface area (Å²) in [5, 5.41) is 18.0. The molecule has 0 unspecified atom stereocenters. The summed E-state index contributed by atoms with van der Waals surface area (Å²) in [4.78, 5) is 27.3. The summed E-state index contributed by atoms with van der Waals surface area (Å²) in [5.74, 6) is -0.621. The summed E-state index contributed by atoms with van der Waals surface area (Å²) < 4.78 is 3.11. The lowest BCUT2D eigenvalue weighted by Crippen LogP contribution is -2.19. The van der Waals surface area contributed by atoms with E-state index in [-0.39, 0.29) is 18.3 Å². The van der Waals surface area contributed by atoms with Gasteiger partial charge in [0.1, 0.15) is 6.54 Å². The summed E-state index contributed by atoms with van der Waals surface area (Å²) in [6, 6.07) is 8.61. The molecule has 3 aromatic rings. The fraction of sp³-hybridized carbons (Fsp3) is 0.133. The first-order valence-corrected chi connectivity index (χ1v) is 8.06. The molecule has 0 bridgehead atoms. The predicted octanol–water partition coefficient (Wildman–Crippen LogP) is 2.31. The topological polar surface area (TPSA) is 108 Å². The maximum Gasteiger partial charge on any atom is 0.389 e. The van der Waals surface area contributed by atoms with Gasteiger partial charge in [-0.05, 0) is 28.8 Å². The number of hydrogen-bond donors (Lipinski definition) is 1. The minimum absolute atomic E-state index is 0.116. The first-order chi connectivity index (χ1) is 12.0. The van der Waals surface area contributed by atoms with Gasteiger partial charge < -0.3 is 20.0 Å². The second-order valence-electron chi connectivity index (χ2n) is 5.10. The maximum absolute atomic E-state index is 12.2. The van der Waals surface area contributed by atoms with Crippen LogP contribution in [-0.2, 0) is 18.4 Å². The fourth-order valence-corrected chi connectivity index (χ4v) is 2.97. The van der Waals surface area contributed by atoms with Crippen molar-refractivity contribution in [1.29, 1.82) is 0 Å². The predicted molar refractivity (Wildman–Crippen MR) is 91.3 cm³/mol. The number of rotatable bonds is 6. The Hall–Kier alpha value is -3.14. The first-order valence-electron chi connectivity index (χ1n) is 7.25. The third-order valence-corrected chi connectivity index (χ3v) is 4.41. The van der Waals surface area contributed by atoms with Crippen molar-refractivity contribution in [3.63, 3.8) is 0 Å². The fourth-order valence-electron chi connectivity index (χ4n) is 2.08. The van der Waals surface area contributed by atoms with Gasteiger partial charge in [0.2, 0.25) is 5.91 Å². The summed E-state index contributed by atoms with van der Waals surface area (Å²) >= 11 is 1.43. The average Bonchev–Trinajstić information content (AvgIpc) is 3.19. The standard InChI is InChI=1S/C15H14N6O3S/c1-19-9-7-16-15(19)25-12-5-3-2-4-11(12)17-14(22)10-20-8-6-13(18-20)21(23)24/h2-9H,10H2,1H3,(H,17,22). The van der Waals surface area contributed by atoms with E-state index in [1.807, 2.05) is 36.0 Å². The van der Waals surface area contributed by atoms with Gasteiger partial charge in [0.05, 0.1) is 23.0 Å². The Morgan fingerprint density at radius 1 is 1.32 bits per heavy atom. The highest BCUT2D eigenvalue weighted by atomic mass is 32.2. The molecule has 1 amide bonds. The van der Waals surface area contributed by atoms with Crippen LogP contribution in [0.25, 0.3) is 0 Å². The zero-order valence-corrected chi connectivity index (χ0v) is 14.0. The number of nitro groups is 1. The van der Waals surface area contributed by atoms with E-state index in [2.05, 4.69) is 15.4 Å². The van der Waals surface area contributed by atoms with Crippen LogP contribution in [0.1, 0.15) is 0 Å². The third kappa shape index (κ3) is 4.04. The Kier molecular flexibility index (Phi) is 4.80. The van der Waals surface area contributed by atoms with Crippen LogP contribution < -0.4 is 5.32 Å². The van der Waals surface area contributed by atoms with Gasteiger partial charge in [-0.15, -0.1) is 0 Å². The van der Waals surface area contributed by atoms with Crippen LogP contribution in [0.3, 0.4) is 0 Å². The van der Waals surface area contributed by atoms with Gasteiger partial charge in [0, 0.05) is 24.3 Å². The Bertz CT molecular complexity index is 919. The number of amides is 1. The number of aromatic nitrogens is 4. The quantitative estimate of drug-likeness (QED) is 0.535. The molecule has 128 valence electrons. The SMILES string of the molecule is Cn1ccnc1Sc1ccccc1NC(=O)Cn1ccc([N+](=O)[O-])n1. The van der Waals surface area contributed by atoms with Gasteiger partial charge in [-0.1, -0.05) is 12.1 Å². The van der Waals surface area contributed by atoms with Crippen molar-refractivity contribution in [2.24, 2.45) is 7.05 Å². The molecular formula is C15H14N6O3S. The Balaban J connectivity index is 1.70. The number of imidazole rings is 1. The van der Waals surface area contributed by atoms with Gasteiger partial charge in [0.25, 0.3) is 0 Å². The molecule has 0 atom stereocenters. The molecule has 0 aliphatic carbocycles. The highest BCUT2D eigenvalue weighted by Crippen LogP contribution is 2.32. The van der Waals surface area contributed by atoms with Gasteiger partial charge >= 0.3 is 5.82 Å². The zero-order valence-electron chi connectivity index (χ0n) is 13.2. The van der Waals surface area contributed by atoms with Crippen LogP contribution in [0.15, 0.2) is 59.0 Å². The van der Waals surface area contributed by atoms with E-state index in [0.717, 1.165) is 10.1 Å². The molecule has 9 nitrogen and oxygen atoms in total. The normalized spacial score (nSPS) is 10.6. The van der Waals surface area contributed by atoms with Gasteiger partial charge in [-0.2, -0.15) is 4.68 Å². The van der Waals surface area contributed by atoms with E-state index in [1.165, 1.54) is 28.7 Å². The van der Waals surface area contributed by atoms with E-state index >= 15 is 0 Å². The second kappa shape index (κ2) is 7.18. The van der Waals surface area contributed by atoms with Gasteiger partial charge in [0.15, 0.2) is 5.16 Å². The van der Waals surface area contributed by atoms with Crippen LogP contribution in [0, 0.1) is 10.1 Å². The number of carbonyl (C=O) groups is 1. The second-order valence-corrected chi connectivity index (χ2v) is 6.10. The molecule has 0 spiro atoms. The van der Waals surface area contributed by atoms with E-state index in [0.29, 0.717) is 5.69 Å². The Morgan fingerprint density at radius 2 is 2.12 bits per heavy atom. The number of benzene rings is 1. The molecule has 0 saturated carbocycles. The number of hydrogen-bond acceptors (Lipinski definition) is 6. The van der Waals surface area contributed by atoms with Crippen molar-refractivity contribution < 1.29 is 9.72 Å². The third-order valence-electron chi connectivity index (χ3n) is 3.26. The molecule has 25 heavy (non-hydrogen) atoms. The molecule has 10 heteroatoms. The number of aryl methyl sites for hydroxylation is 1. The van der Waals surface area contributed by atoms with Crippen LogP contribution in [0.2, 0.25) is 0 Å². The number of anilines is 1. The highest BCUT2D eigenvalue weighted by molar-refractivity contribution is 7.99. The van der Waals surface area contributed by atoms with Crippen LogP contribution in [0.4, 0.5) is 11.5 Å². The number of nitrogens with one attached hydrogen (secondary N) is 1. The molecular weight excluding hydrogens is 344 g/mol. The number of nitrogens with zero attached hydrogens (tertiary/aromatic N) is 5. The van der Waals surface area contributed by atoms with Crippen LogP contribution in [-0.4, -0.2) is 30.2 Å². The van der Waals surface area contributed by atoms with E-state index in [1.54, 1.807) is 12.3 Å². The van der Waals surface area contributed by atoms with Crippen molar-refractivity contribution in [2.45, 2.75) is 16.6 Å². The molecule has 2 heterocycles. The lowest BCUT2D eigenvalue weighted by atomic mass is 10.3. The van der Waals surface area contributed by atoms with Crippen LogP contribution >= 0.6 is 11.8 Å². The minimum Gasteiger partial charge on any atom is -0.358 e. The Labute approximate surface area is 146 Å². The molecule has 0 saturated heterocycles. The largest absolute Gasteiger partial charge is 0.389 e. The molecule has 1 aromatic carbocycles. The molecule has 0 radical (unpaired) electrons. The van der Waals surface area contributed by atoms with Crippen molar-refractivity contribution in [3.05, 3.63) is 59.0 Å². The molecule has 0 aliphatic rings. The summed E-state index contributed by atoms with van der Waals surface area (Å²) in [6.45, 7) is -0.116. The monoisotopic (exact) mass is 358 g/mol. The van der Waals surface area contributed by atoms with Crippen molar-refractivity contribution in [2.75, 3.05) is 5.32 Å². The van der Waals surface area contributed by atoms with Crippen LogP contribution in [0.5, 0.6) is 0 Å². The van der Waals surface area contributed by atoms with Gasteiger partial charge in [-0.3, -0.25) is 4.79 Å². The number of carbonyl (C=O) groups excluding carboxylic acids is 1. The van der Waals surface area contributed by atoms with E-state index in [9.17, 15) is 14.9 Å². The van der Waals surface area contributed by atoms with Crippen molar-refractivity contribution in [3.8, 4) is 0 Å². The molecule has 2 aromatic heterocycles. The molecule has 3 rings (SSSR count). The summed E-state index contributed by atoms with van der Waals surface area (Å²) in [6.07, 6.45) is 4.94. The minimum atomic E-state index is -0.604. The first kappa shape index (κ1) is 16.7. The van der Waals surface area contributed by atoms with Crippen molar-refractivity contribution >= 4 is 29.2 Å². The number of para-hydroxylation sites is 1. The highest BCUT2D eigenvalue weighted by Gasteiger charge is 2.15. The molecule has 0 aliphatic heterocycles.